The van der Waals surface area contributed by atoms with Gasteiger partial charge in [0, 0.05) is 26.2 Å². The summed E-state index contributed by atoms with van der Waals surface area (Å²) in [5.41, 5.74) is 0. The summed E-state index contributed by atoms with van der Waals surface area (Å²) < 4.78 is 0. The minimum absolute atomic E-state index is 0.560. The largest absolute Gasteiger partial charge is 0.373 e. The van der Waals surface area contributed by atoms with Gasteiger partial charge in [0.1, 0.15) is 11.6 Å². The molecule has 0 radical (unpaired) electrons. The van der Waals surface area contributed by atoms with Crippen molar-refractivity contribution in [3.63, 3.8) is 0 Å². The molecule has 0 bridgehead atoms. The van der Waals surface area contributed by atoms with E-state index in [0.29, 0.717) is 6.04 Å². The molecule has 0 amide bonds. The molecule has 1 aromatic heterocycles. The van der Waals surface area contributed by atoms with Gasteiger partial charge in [-0.15, -0.1) is 0 Å². The zero-order valence-electron chi connectivity index (χ0n) is 10.9. The maximum absolute atomic E-state index is 4.57. The Labute approximate surface area is 107 Å². The zero-order chi connectivity index (χ0) is 12.4. The van der Waals surface area contributed by atoms with Crippen LogP contribution in [0.2, 0.25) is 0 Å². The molecule has 0 aromatic carbocycles. The molecule has 0 spiro atoms. The molecule has 0 saturated heterocycles. The molecule has 1 N–H and O–H groups in total. The van der Waals surface area contributed by atoms with Gasteiger partial charge in [-0.05, 0) is 31.9 Å². The van der Waals surface area contributed by atoms with Gasteiger partial charge in [-0.1, -0.05) is 11.8 Å². The minimum Gasteiger partial charge on any atom is -0.373 e. The monoisotopic (exact) mass is 252 g/mol. The number of aromatic nitrogens is 2. The van der Waals surface area contributed by atoms with Crippen molar-refractivity contribution < 1.29 is 0 Å². The first-order valence-electron chi connectivity index (χ1n) is 5.99. The quantitative estimate of drug-likeness (QED) is 0.644. The summed E-state index contributed by atoms with van der Waals surface area (Å²) in [6.07, 6.45) is 4.71. The van der Waals surface area contributed by atoms with Gasteiger partial charge in [0.15, 0.2) is 5.16 Å². The van der Waals surface area contributed by atoms with Crippen LogP contribution in [0.15, 0.2) is 11.2 Å². The fraction of sp³-hybridized carbons (Fsp3) is 0.667. The number of hydrogen-bond acceptors (Lipinski definition) is 5. The highest BCUT2D eigenvalue weighted by molar-refractivity contribution is 7.98. The molecule has 1 atom stereocenters. The van der Waals surface area contributed by atoms with Gasteiger partial charge >= 0.3 is 0 Å². The predicted octanol–water partition coefficient (Wildman–Crippen LogP) is 2.47. The van der Waals surface area contributed by atoms with Crippen LogP contribution in [0.5, 0.6) is 0 Å². The Balaban J connectivity index is 2.23. The first-order chi connectivity index (χ1) is 8.15. The maximum Gasteiger partial charge on any atom is 0.191 e. The third kappa shape index (κ3) is 2.83. The van der Waals surface area contributed by atoms with Crippen LogP contribution < -0.4 is 10.2 Å². The molecule has 94 valence electrons. The van der Waals surface area contributed by atoms with Gasteiger partial charge in [0.25, 0.3) is 0 Å². The fourth-order valence-corrected chi connectivity index (χ4v) is 2.29. The van der Waals surface area contributed by atoms with Crippen LogP contribution in [0, 0.1) is 5.92 Å². The average molecular weight is 252 g/mol. The summed E-state index contributed by atoms with van der Waals surface area (Å²) in [5.74, 6) is 2.73. The van der Waals surface area contributed by atoms with E-state index in [1.165, 1.54) is 12.8 Å². The van der Waals surface area contributed by atoms with Gasteiger partial charge in [0.2, 0.25) is 0 Å². The third-order valence-electron chi connectivity index (χ3n) is 3.41. The Hall–Kier alpha value is -0.970. The second-order valence-corrected chi connectivity index (χ2v) is 5.31. The molecule has 1 aromatic rings. The van der Waals surface area contributed by atoms with Gasteiger partial charge in [0.05, 0.1) is 0 Å². The van der Waals surface area contributed by atoms with Crippen molar-refractivity contribution >= 4 is 23.4 Å². The normalized spacial score (nSPS) is 16.7. The fourth-order valence-electron chi connectivity index (χ4n) is 1.92. The van der Waals surface area contributed by atoms with Crippen LogP contribution in [-0.2, 0) is 0 Å². The highest BCUT2D eigenvalue weighted by Crippen LogP contribution is 2.36. The third-order valence-corrected chi connectivity index (χ3v) is 3.96. The van der Waals surface area contributed by atoms with Crippen molar-refractivity contribution in [3.8, 4) is 0 Å². The van der Waals surface area contributed by atoms with Crippen molar-refractivity contribution in [2.24, 2.45) is 5.92 Å². The predicted molar refractivity (Wildman–Crippen MR) is 73.9 cm³/mol. The van der Waals surface area contributed by atoms with E-state index in [1.54, 1.807) is 11.8 Å². The molecule has 17 heavy (non-hydrogen) atoms. The Morgan fingerprint density at radius 1 is 1.47 bits per heavy atom. The van der Waals surface area contributed by atoms with Crippen molar-refractivity contribution in [3.05, 3.63) is 6.07 Å². The van der Waals surface area contributed by atoms with E-state index in [1.807, 2.05) is 19.4 Å². The SMILES string of the molecule is CNc1cc(N(C)C(C)C2CC2)nc(SC)n1. The lowest BCUT2D eigenvalue weighted by atomic mass is 10.2. The number of rotatable bonds is 5. The van der Waals surface area contributed by atoms with Crippen LogP contribution in [0.3, 0.4) is 0 Å². The van der Waals surface area contributed by atoms with Gasteiger partial charge in [-0.2, -0.15) is 0 Å². The lowest BCUT2D eigenvalue weighted by Crippen LogP contribution is -2.31. The van der Waals surface area contributed by atoms with E-state index in [9.17, 15) is 0 Å². The molecule has 5 heteroatoms. The highest BCUT2D eigenvalue weighted by atomic mass is 32.2. The van der Waals surface area contributed by atoms with Gasteiger partial charge in [-0.25, -0.2) is 9.97 Å². The van der Waals surface area contributed by atoms with Gasteiger partial charge < -0.3 is 10.2 Å². The second kappa shape index (κ2) is 5.12. The number of thioether (sulfide) groups is 1. The van der Waals surface area contributed by atoms with Crippen molar-refractivity contribution in [1.82, 2.24) is 9.97 Å². The van der Waals surface area contributed by atoms with E-state index in [4.69, 9.17) is 0 Å². The first-order valence-corrected chi connectivity index (χ1v) is 7.22. The minimum atomic E-state index is 0.560. The molecular formula is C12H20N4S. The summed E-state index contributed by atoms with van der Waals surface area (Å²) in [7, 11) is 4.01. The molecule has 1 fully saturated rings. The van der Waals surface area contributed by atoms with Crippen LogP contribution in [0.25, 0.3) is 0 Å². The molecular weight excluding hydrogens is 232 g/mol. The van der Waals surface area contributed by atoms with Crippen LogP contribution in [0.4, 0.5) is 11.6 Å². The smallest absolute Gasteiger partial charge is 0.191 e. The summed E-state index contributed by atoms with van der Waals surface area (Å²) in [6, 6.07) is 2.57. The van der Waals surface area contributed by atoms with E-state index in [2.05, 4.69) is 34.2 Å². The first kappa shape index (κ1) is 12.5. The average Bonchev–Trinajstić information content (AvgIpc) is 3.20. The summed E-state index contributed by atoms with van der Waals surface area (Å²) in [4.78, 5) is 11.2. The van der Waals surface area contributed by atoms with E-state index in [-0.39, 0.29) is 0 Å². The van der Waals surface area contributed by atoms with Crippen molar-refractivity contribution in [2.45, 2.75) is 31.0 Å². The van der Waals surface area contributed by atoms with Crippen molar-refractivity contribution in [1.29, 1.82) is 0 Å². The molecule has 1 aliphatic carbocycles. The number of nitrogens with zero attached hydrogens (tertiary/aromatic N) is 3. The Morgan fingerprint density at radius 2 is 2.18 bits per heavy atom. The topological polar surface area (TPSA) is 41.0 Å². The Morgan fingerprint density at radius 3 is 2.71 bits per heavy atom. The summed E-state index contributed by atoms with van der Waals surface area (Å²) in [5, 5.41) is 3.91. The molecule has 1 unspecified atom stereocenters. The highest BCUT2D eigenvalue weighted by Gasteiger charge is 2.31. The second-order valence-electron chi connectivity index (χ2n) is 4.54. The lowest BCUT2D eigenvalue weighted by molar-refractivity contribution is 0.601. The van der Waals surface area contributed by atoms with Crippen LogP contribution >= 0.6 is 11.8 Å². The van der Waals surface area contributed by atoms with E-state index in [0.717, 1.165) is 22.7 Å². The van der Waals surface area contributed by atoms with E-state index < -0.39 is 0 Å². The standard InChI is InChI=1S/C12H20N4S/c1-8(9-5-6-9)16(3)11-7-10(13-2)14-12(15-11)17-4/h7-9H,5-6H2,1-4H3,(H,13,14,15). The zero-order valence-corrected chi connectivity index (χ0v) is 11.7. The molecule has 1 saturated carbocycles. The lowest BCUT2D eigenvalue weighted by Gasteiger charge is -2.26. The maximum atomic E-state index is 4.57. The molecule has 2 rings (SSSR count). The molecule has 0 aliphatic heterocycles. The summed E-state index contributed by atoms with van der Waals surface area (Å²) in [6.45, 7) is 2.28. The molecule has 1 aliphatic rings. The molecule has 1 heterocycles. The van der Waals surface area contributed by atoms with Crippen LogP contribution in [0.1, 0.15) is 19.8 Å². The number of anilines is 2. The number of hydrogen-bond donors (Lipinski definition) is 1. The Kier molecular flexibility index (Phi) is 3.76. The van der Waals surface area contributed by atoms with Crippen LogP contribution in [-0.4, -0.2) is 36.4 Å². The summed E-state index contributed by atoms with van der Waals surface area (Å²) >= 11 is 1.58. The Bertz CT molecular complexity index is 370. The van der Waals surface area contributed by atoms with Gasteiger partial charge in [-0.3, -0.25) is 0 Å². The number of nitrogens with one attached hydrogen (secondary N) is 1. The van der Waals surface area contributed by atoms with E-state index >= 15 is 0 Å². The molecule has 4 nitrogen and oxygen atoms in total. The van der Waals surface area contributed by atoms with Crippen molar-refractivity contribution in [2.75, 3.05) is 30.6 Å².